The molecule has 0 bridgehead atoms. The number of hydrogen-bond donors (Lipinski definition) is 1. The third kappa shape index (κ3) is 2.62. The molecule has 1 aliphatic carbocycles. The van der Waals surface area contributed by atoms with Crippen LogP contribution in [0, 0.1) is 0 Å². The predicted octanol–water partition coefficient (Wildman–Crippen LogP) is 7.48. The maximum Gasteiger partial charge on any atom is 0.0541 e. The average molecular weight is 400 g/mol. The molecule has 0 fully saturated rings. The molecule has 0 amide bonds. The van der Waals surface area contributed by atoms with Gasteiger partial charge in [-0.3, -0.25) is 0 Å². The number of benzene rings is 3. The van der Waals surface area contributed by atoms with Gasteiger partial charge in [0, 0.05) is 26.3 Å². The van der Waals surface area contributed by atoms with Crippen LogP contribution in [-0.2, 0) is 0 Å². The number of hydrogen-bond acceptors (Lipinski definition) is 0. The quantitative estimate of drug-likeness (QED) is 0.359. The van der Waals surface area contributed by atoms with Crippen molar-refractivity contribution in [2.75, 3.05) is 0 Å². The fraction of sp³-hybridized carbons (Fsp3) is 0.0833. The standard InChI is InChI=1S/C24H18BrN/c25-19-11-12-23-21(15-19)22-14-18(16-7-3-1-4-8-16)13-20(24(22)26-23)17-9-5-2-6-10-17/h1-5,7-9,11-15,26H,6,10H2. The molecule has 0 saturated heterocycles. The summed E-state index contributed by atoms with van der Waals surface area (Å²) in [6.07, 6.45) is 8.87. The molecule has 1 heterocycles. The number of H-pyrrole nitrogens is 1. The number of aromatic amines is 1. The smallest absolute Gasteiger partial charge is 0.0541 e. The van der Waals surface area contributed by atoms with Crippen molar-refractivity contribution in [3.8, 4) is 11.1 Å². The van der Waals surface area contributed by atoms with Crippen LogP contribution in [0.1, 0.15) is 18.4 Å². The van der Waals surface area contributed by atoms with Gasteiger partial charge >= 0.3 is 0 Å². The summed E-state index contributed by atoms with van der Waals surface area (Å²) in [5.74, 6) is 0. The van der Waals surface area contributed by atoms with Crippen LogP contribution >= 0.6 is 15.9 Å². The summed E-state index contributed by atoms with van der Waals surface area (Å²) in [5, 5.41) is 2.55. The van der Waals surface area contributed by atoms with Crippen molar-refractivity contribution in [1.82, 2.24) is 4.98 Å². The fourth-order valence-electron chi connectivity index (χ4n) is 3.85. The summed E-state index contributed by atoms with van der Waals surface area (Å²) in [6.45, 7) is 0. The van der Waals surface area contributed by atoms with Crippen LogP contribution in [0.5, 0.6) is 0 Å². The van der Waals surface area contributed by atoms with Gasteiger partial charge in [0.2, 0.25) is 0 Å². The first-order valence-electron chi connectivity index (χ1n) is 8.96. The zero-order valence-corrected chi connectivity index (χ0v) is 15.9. The van der Waals surface area contributed by atoms with E-state index in [0.29, 0.717) is 0 Å². The molecule has 0 atom stereocenters. The van der Waals surface area contributed by atoms with E-state index < -0.39 is 0 Å². The Morgan fingerprint density at radius 1 is 0.846 bits per heavy atom. The Morgan fingerprint density at radius 2 is 1.73 bits per heavy atom. The van der Waals surface area contributed by atoms with Gasteiger partial charge in [0.15, 0.2) is 0 Å². The van der Waals surface area contributed by atoms with E-state index in [1.54, 1.807) is 0 Å². The van der Waals surface area contributed by atoms with Crippen molar-refractivity contribution < 1.29 is 0 Å². The molecule has 3 aromatic carbocycles. The van der Waals surface area contributed by atoms with Gasteiger partial charge in [0.25, 0.3) is 0 Å². The SMILES string of the molecule is Brc1ccc2[nH]c3c(C4=CC=CCC4)cc(-c4ccccc4)cc3c2c1. The molecular weight excluding hydrogens is 382 g/mol. The molecule has 0 saturated carbocycles. The molecular formula is C24H18BrN. The zero-order valence-electron chi connectivity index (χ0n) is 14.3. The molecule has 1 N–H and O–H groups in total. The molecule has 5 rings (SSSR count). The maximum atomic E-state index is 3.66. The average Bonchev–Trinajstić information content (AvgIpc) is 3.06. The minimum absolute atomic E-state index is 1.09. The highest BCUT2D eigenvalue weighted by Gasteiger charge is 2.15. The van der Waals surface area contributed by atoms with Gasteiger partial charge < -0.3 is 4.98 Å². The van der Waals surface area contributed by atoms with Gasteiger partial charge in [0.1, 0.15) is 0 Å². The van der Waals surface area contributed by atoms with Crippen molar-refractivity contribution in [2.45, 2.75) is 12.8 Å². The van der Waals surface area contributed by atoms with E-state index >= 15 is 0 Å². The number of fused-ring (bicyclic) bond motifs is 3. The van der Waals surface area contributed by atoms with Crippen LogP contribution < -0.4 is 0 Å². The van der Waals surface area contributed by atoms with Gasteiger partial charge in [-0.2, -0.15) is 0 Å². The van der Waals surface area contributed by atoms with Crippen molar-refractivity contribution >= 4 is 43.3 Å². The summed E-state index contributed by atoms with van der Waals surface area (Å²) < 4.78 is 1.11. The lowest BCUT2D eigenvalue weighted by atomic mass is 9.92. The molecule has 26 heavy (non-hydrogen) atoms. The van der Waals surface area contributed by atoms with Crippen LogP contribution in [0.15, 0.2) is 83.4 Å². The molecule has 1 aromatic heterocycles. The second kappa shape index (κ2) is 6.30. The second-order valence-electron chi connectivity index (χ2n) is 6.79. The van der Waals surface area contributed by atoms with Gasteiger partial charge in [-0.25, -0.2) is 0 Å². The minimum Gasteiger partial charge on any atom is -0.354 e. The number of rotatable bonds is 2. The molecule has 0 aliphatic heterocycles. The van der Waals surface area contributed by atoms with Gasteiger partial charge in [-0.15, -0.1) is 0 Å². The minimum atomic E-state index is 1.09. The Kier molecular flexibility index (Phi) is 3.79. The van der Waals surface area contributed by atoms with Crippen LogP contribution in [0.25, 0.3) is 38.5 Å². The number of aromatic nitrogens is 1. The lowest BCUT2D eigenvalue weighted by Gasteiger charge is -2.13. The molecule has 4 aromatic rings. The van der Waals surface area contributed by atoms with Gasteiger partial charge in [-0.05, 0) is 59.9 Å². The van der Waals surface area contributed by atoms with E-state index in [1.807, 2.05) is 0 Å². The number of nitrogens with one attached hydrogen (secondary N) is 1. The third-order valence-electron chi connectivity index (χ3n) is 5.14. The summed E-state index contributed by atoms with van der Waals surface area (Å²) in [4.78, 5) is 3.66. The topological polar surface area (TPSA) is 15.8 Å². The van der Waals surface area contributed by atoms with E-state index in [2.05, 4.69) is 99.8 Å². The Morgan fingerprint density at radius 3 is 2.54 bits per heavy atom. The number of allylic oxidation sites excluding steroid dienone is 4. The predicted molar refractivity (Wildman–Crippen MR) is 115 cm³/mol. The normalized spacial score (nSPS) is 14.1. The molecule has 2 heteroatoms. The van der Waals surface area contributed by atoms with Crippen molar-refractivity contribution in [3.05, 3.63) is 88.9 Å². The van der Waals surface area contributed by atoms with Crippen molar-refractivity contribution in [3.63, 3.8) is 0 Å². The Labute approximate surface area is 161 Å². The van der Waals surface area contributed by atoms with E-state index in [0.717, 1.165) is 17.3 Å². The zero-order chi connectivity index (χ0) is 17.5. The molecule has 1 nitrogen and oxygen atoms in total. The van der Waals surface area contributed by atoms with E-state index in [4.69, 9.17) is 0 Å². The summed E-state index contributed by atoms with van der Waals surface area (Å²) >= 11 is 3.63. The summed E-state index contributed by atoms with van der Waals surface area (Å²) in [6, 6.07) is 21.8. The monoisotopic (exact) mass is 399 g/mol. The van der Waals surface area contributed by atoms with Crippen molar-refractivity contribution in [1.29, 1.82) is 0 Å². The molecule has 0 radical (unpaired) electrons. The Balaban J connectivity index is 1.87. The summed E-state index contributed by atoms with van der Waals surface area (Å²) in [7, 11) is 0. The van der Waals surface area contributed by atoms with Crippen LogP contribution in [-0.4, -0.2) is 4.98 Å². The van der Waals surface area contributed by atoms with Crippen LogP contribution in [0.3, 0.4) is 0 Å². The van der Waals surface area contributed by atoms with E-state index in [-0.39, 0.29) is 0 Å². The van der Waals surface area contributed by atoms with Crippen LogP contribution in [0.2, 0.25) is 0 Å². The molecule has 0 spiro atoms. The highest BCUT2D eigenvalue weighted by atomic mass is 79.9. The largest absolute Gasteiger partial charge is 0.354 e. The molecule has 0 unspecified atom stereocenters. The van der Waals surface area contributed by atoms with E-state index in [9.17, 15) is 0 Å². The second-order valence-corrected chi connectivity index (χ2v) is 7.70. The highest BCUT2D eigenvalue weighted by molar-refractivity contribution is 9.10. The molecule has 1 aliphatic rings. The first kappa shape index (κ1) is 15.7. The lowest BCUT2D eigenvalue weighted by molar-refractivity contribution is 1.06. The van der Waals surface area contributed by atoms with Crippen molar-refractivity contribution in [2.24, 2.45) is 0 Å². The number of halogens is 1. The first-order valence-corrected chi connectivity index (χ1v) is 9.75. The lowest BCUT2D eigenvalue weighted by Crippen LogP contribution is -1.91. The van der Waals surface area contributed by atoms with E-state index in [1.165, 1.54) is 44.1 Å². The summed E-state index contributed by atoms with van der Waals surface area (Å²) in [5.41, 5.74) is 7.66. The van der Waals surface area contributed by atoms with Crippen LogP contribution in [0.4, 0.5) is 0 Å². The fourth-order valence-corrected chi connectivity index (χ4v) is 4.21. The Bertz CT molecular complexity index is 1180. The van der Waals surface area contributed by atoms with Gasteiger partial charge in [-0.1, -0.05) is 64.5 Å². The third-order valence-corrected chi connectivity index (χ3v) is 5.63. The Hall–Kier alpha value is -2.58. The highest BCUT2D eigenvalue weighted by Crippen LogP contribution is 2.38. The van der Waals surface area contributed by atoms with Gasteiger partial charge in [0.05, 0.1) is 5.52 Å². The molecule has 126 valence electrons. The maximum absolute atomic E-state index is 3.66. The first-order chi connectivity index (χ1) is 12.8.